The van der Waals surface area contributed by atoms with Gasteiger partial charge in [0.25, 0.3) is 0 Å². The lowest BCUT2D eigenvalue weighted by atomic mass is 9.74. The summed E-state index contributed by atoms with van der Waals surface area (Å²) in [6, 6.07) is 17.6. The van der Waals surface area contributed by atoms with E-state index in [9.17, 15) is 0 Å². The van der Waals surface area contributed by atoms with Gasteiger partial charge in [-0.1, -0.05) is 61.9 Å². The number of hydrogen-bond donors (Lipinski definition) is 1. The molecule has 0 saturated heterocycles. The molecule has 1 N–H and O–H groups in total. The van der Waals surface area contributed by atoms with Gasteiger partial charge in [-0.3, -0.25) is 0 Å². The second kappa shape index (κ2) is 6.13. The molecular weight excluding hydrogens is 242 g/mol. The molecule has 2 rings (SSSR count). The van der Waals surface area contributed by atoms with Crippen LogP contribution in [0.2, 0.25) is 0 Å². The molecule has 2 aromatic rings. The highest BCUT2D eigenvalue weighted by atomic mass is 14.8. The molecule has 0 spiro atoms. The Morgan fingerprint density at radius 3 is 2.25 bits per heavy atom. The van der Waals surface area contributed by atoms with Crippen LogP contribution < -0.4 is 5.32 Å². The van der Waals surface area contributed by atoms with Crippen molar-refractivity contribution in [1.82, 2.24) is 0 Å². The number of hydrogen-bond acceptors (Lipinski definition) is 1. The lowest BCUT2D eigenvalue weighted by Crippen LogP contribution is -2.25. The molecular formula is C19H25N. The maximum atomic E-state index is 3.33. The molecule has 1 nitrogen and oxygen atoms in total. The Kier molecular flexibility index (Phi) is 4.49. The van der Waals surface area contributed by atoms with Gasteiger partial charge in [-0.15, -0.1) is 0 Å². The standard InChI is InChI=1S/C19H25N/c1-5-19(3,14-16-12-10-15(2)11-13-16)17-8-6-7-9-18(17)20-4/h6-13,20H,5,14H2,1-4H3. The quantitative estimate of drug-likeness (QED) is 0.808. The van der Waals surface area contributed by atoms with Gasteiger partial charge in [0.15, 0.2) is 0 Å². The first-order valence-electron chi connectivity index (χ1n) is 7.42. The van der Waals surface area contributed by atoms with Crippen LogP contribution in [-0.2, 0) is 11.8 Å². The number of anilines is 1. The second-order valence-corrected chi connectivity index (χ2v) is 5.87. The molecule has 106 valence electrons. The number of para-hydroxylation sites is 1. The average molecular weight is 267 g/mol. The molecule has 1 unspecified atom stereocenters. The van der Waals surface area contributed by atoms with Crippen molar-refractivity contribution in [1.29, 1.82) is 0 Å². The molecule has 0 fully saturated rings. The monoisotopic (exact) mass is 267 g/mol. The summed E-state index contributed by atoms with van der Waals surface area (Å²) in [5, 5.41) is 3.33. The Morgan fingerprint density at radius 1 is 1.00 bits per heavy atom. The van der Waals surface area contributed by atoms with Crippen molar-refractivity contribution in [3.63, 3.8) is 0 Å². The third-order valence-electron chi connectivity index (χ3n) is 4.34. The van der Waals surface area contributed by atoms with Crippen molar-refractivity contribution in [3.05, 3.63) is 65.2 Å². The summed E-state index contributed by atoms with van der Waals surface area (Å²) in [7, 11) is 2.00. The van der Waals surface area contributed by atoms with E-state index in [-0.39, 0.29) is 5.41 Å². The molecule has 2 aromatic carbocycles. The van der Waals surface area contributed by atoms with E-state index in [1.165, 1.54) is 22.4 Å². The molecule has 0 heterocycles. The molecule has 0 aliphatic heterocycles. The fourth-order valence-electron chi connectivity index (χ4n) is 2.79. The minimum absolute atomic E-state index is 0.162. The predicted octanol–water partition coefficient (Wildman–Crippen LogP) is 4.95. The van der Waals surface area contributed by atoms with Gasteiger partial charge >= 0.3 is 0 Å². The first kappa shape index (κ1) is 14.6. The lowest BCUT2D eigenvalue weighted by Gasteiger charge is -2.31. The van der Waals surface area contributed by atoms with E-state index in [0.29, 0.717) is 0 Å². The van der Waals surface area contributed by atoms with Crippen molar-refractivity contribution in [3.8, 4) is 0 Å². The Bertz CT molecular complexity index is 556. The van der Waals surface area contributed by atoms with Crippen molar-refractivity contribution in [2.24, 2.45) is 0 Å². The van der Waals surface area contributed by atoms with Crippen LogP contribution in [0.5, 0.6) is 0 Å². The zero-order valence-electron chi connectivity index (χ0n) is 13.0. The van der Waals surface area contributed by atoms with E-state index >= 15 is 0 Å². The number of benzene rings is 2. The van der Waals surface area contributed by atoms with Gasteiger partial charge in [0.05, 0.1) is 0 Å². The van der Waals surface area contributed by atoms with E-state index < -0.39 is 0 Å². The minimum Gasteiger partial charge on any atom is -0.388 e. The molecule has 0 saturated carbocycles. The van der Waals surface area contributed by atoms with E-state index in [1.807, 2.05) is 7.05 Å². The molecule has 0 aliphatic carbocycles. The van der Waals surface area contributed by atoms with Gasteiger partial charge in [-0.2, -0.15) is 0 Å². The van der Waals surface area contributed by atoms with Gasteiger partial charge in [-0.05, 0) is 42.4 Å². The van der Waals surface area contributed by atoms with E-state index in [2.05, 4.69) is 74.6 Å². The topological polar surface area (TPSA) is 12.0 Å². The predicted molar refractivity (Wildman–Crippen MR) is 88.5 cm³/mol. The van der Waals surface area contributed by atoms with Crippen LogP contribution in [0.1, 0.15) is 37.0 Å². The smallest absolute Gasteiger partial charge is 0.0375 e. The Hall–Kier alpha value is -1.76. The van der Waals surface area contributed by atoms with Gasteiger partial charge in [0.1, 0.15) is 0 Å². The molecule has 0 bridgehead atoms. The fraction of sp³-hybridized carbons (Fsp3) is 0.368. The SMILES string of the molecule is CCC(C)(Cc1ccc(C)cc1)c1ccccc1NC. The zero-order valence-corrected chi connectivity index (χ0v) is 13.0. The van der Waals surface area contributed by atoms with Crippen molar-refractivity contribution in [2.45, 2.75) is 39.0 Å². The molecule has 1 atom stereocenters. The molecule has 0 radical (unpaired) electrons. The maximum Gasteiger partial charge on any atom is 0.0375 e. The van der Waals surface area contributed by atoms with Gasteiger partial charge in [0.2, 0.25) is 0 Å². The highest BCUT2D eigenvalue weighted by Crippen LogP contribution is 2.36. The van der Waals surface area contributed by atoms with Crippen LogP contribution in [0.3, 0.4) is 0 Å². The first-order chi connectivity index (χ1) is 9.59. The fourth-order valence-corrected chi connectivity index (χ4v) is 2.79. The van der Waals surface area contributed by atoms with Gasteiger partial charge in [0, 0.05) is 12.7 Å². The minimum atomic E-state index is 0.162. The third kappa shape index (κ3) is 3.04. The first-order valence-corrected chi connectivity index (χ1v) is 7.42. The third-order valence-corrected chi connectivity index (χ3v) is 4.34. The van der Waals surface area contributed by atoms with Crippen LogP contribution >= 0.6 is 0 Å². The Labute approximate surface area is 123 Å². The summed E-state index contributed by atoms with van der Waals surface area (Å²) >= 11 is 0. The number of rotatable bonds is 5. The highest BCUT2D eigenvalue weighted by Gasteiger charge is 2.27. The van der Waals surface area contributed by atoms with Crippen molar-refractivity contribution in [2.75, 3.05) is 12.4 Å². The summed E-state index contributed by atoms with van der Waals surface area (Å²) in [5.74, 6) is 0. The summed E-state index contributed by atoms with van der Waals surface area (Å²) in [6.07, 6.45) is 2.20. The summed E-state index contributed by atoms with van der Waals surface area (Å²) in [6.45, 7) is 6.78. The second-order valence-electron chi connectivity index (χ2n) is 5.87. The van der Waals surface area contributed by atoms with Crippen LogP contribution in [0.25, 0.3) is 0 Å². The average Bonchev–Trinajstić information content (AvgIpc) is 2.49. The van der Waals surface area contributed by atoms with E-state index in [0.717, 1.165) is 12.8 Å². The van der Waals surface area contributed by atoms with E-state index in [1.54, 1.807) is 0 Å². The zero-order chi connectivity index (χ0) is 14.6. The van der Waals surface area contributed by atoms with Crippen molar-refractivity contribution < 1.29 is 0 Å². The molecule has 1 heteroatoms. The largest absolute Gasteiger partial charge is 0.388 e. The normalized spacial score (nSPS) is 13.8. The molecule has 20 heavy (non-hydrogen) atoms. The van der Waals surface area contributed by atoms with Crippen LogP contribution in [0, 0.1) is 6.92 Å². The van der Waals surface area contributed by atoms with Gasteiger partial charge < -0.3 is 5.32 Å². The van der Waals surface area contributed by atoms with Crippen LogP contribution in [-0.4, -0.2) is 7.05 Å². The number of aryl methyl sites for hydroxylation is 1. The number of nitrogens with one attached hydrogen (secondary N) is 1. The lowest BCUT2D eigenvalue weighted by molar-refractivity contribution is 0.453. The van der Waals surface area contributed by atoms with Crippen molar-refractivity contribution >= 4 is 5.69 Å². The Morgan fingerprint density at radius 2 is 1.65 bits per heavy atom. The summed E-state index contributed by atoms with van der Waals surface area (Å²) < 4.78 is 0. The van der Waals surface area contributed by atoms with E-state index in [4.69, 9.17) is 0 Å². The van der Waals surface area contributed by atoms with Crippen LogP contribution in [0.15, 0.2) is 48.5 Å². The highest BCUT2D eigenvalue weighted by molar-refractivity contribution is 5.54. The summed E-state index contributed by atoms with van der Waals surface area (Å²) in [5.41, 5.74) is 5.54. The Balaban J connectivity index is 2.35. The molecule has 0 amide bonds. The maximum absolute atomic E-state index is 3.33. The summed E-state index contributed by atoms with van der Waals surface area (Å²) in [4.78, 5) is 0. The van der Waals surface area contributed by atoms with Gasteiger partial charge in [-0.25, -0.2) is 0 Å². The van der Waals surface area contributed by atoms with Crippen LogP contribution in [0.4, 0.5) is 5.69 Å². The molecule has 0 aromatic heterocycles. The molecule has 0 aliphatic rings.